The van der Waals surface area contributed by atoms with Gasteiger partial charge >= 0.3 is 0 Å². The minimum atomic E-state index is -0.256. The molecule has 0 bridgehead atoms. The minimum Gasteiger partial charge on any atom is -0.486 e. The van der Waals surface area contributed by atoms with Gasteiger partial charge in [0.15, 0.2) is 11.5 Å². The van der Waals surface area contributed by atoms with Gasteiger partial charge in [0, 0.05) is 37.4 Å². The average molecular weight is 416 g/mol. The highest BCUT2D eigenvalue weighted by atomic mass is 16.6. The summed E-state index contributed by atoms with van der Waals surface area (Å²) < 4.78 is 11.1. The van der Waals surface area contributed by atoms with Crippen molar-refractivity contribution in [1.29, 1.82) is 0 Å². The van der Waals surface area contributed by atoms with E-state index in [4.69, 9.17) is 9.47 Å². The summed E-state index contributed by atoms with van der Waals surface area (Å²) in [6.07, 6.45) is 0. The number of amides is 1. The van der Waals surface area contributed by atoms with Crippen LogP contribution < -0.4 is 25.0 Å². The molecule has 1 fully saturated rings. The van der Waals surface area contributed by atoms with Gasteiger partial charge in [0.05, 0.1) is 0 Å². The summed E-state index contributed by atoms with van der Waals surface area (Å²) >= 11 is 0. The molecule has 0 aliphatic carbocycles. The number of nitrogens with zero attached hydrogens (tertiary/aromatic N) is 2. The number of hydrogen-bond donors (Lipinski definition) is 2. The molecule has 3 heterocycles. The van der Waals surface area contributed by atoms with E-state index in [9.17, 15) is 4.79 Å². The summed E-state index contributed by atoms with van der Waals surface area (Å²) in [5.41, 5.74) is 2.27. The molecule has 2 N–H and O–H groups in total. The predicted molar refractivity (Wildman–Crippen MR) is 119 cm³/mol. The SMILES string of the molecule is O=C(Nc1ccc2c(c1)OCCO2)c1cccc(N2CCNC(c3ccccc3)C2)n1. The highest BCUT2D eigenvalue weighted by Crippen LogP contribution is 2.32. The Hall–Kier alpha value is -3.58. The fraction of sp³-hybridized carbons (Fsp3) is 0.250. The molecule has 1 saturated heterocycles. The van der Waals surface area contributed by atoms with Crippen LogP contribution in [0.4, 0.5) is 11.5 Å². The zero-order chi connectivity index (χ0) is 21.0. The third kappa shape index (κ3) is 4.32. The van der Waals surface area contributed by atoms with E-state index in [2.05, 4.69) is 44.8 Å². The molecule has 5 rings (SSSR count). The van der Waals surface area contributed by atoms with Crippen LogP contribution in [0.15, 0.2) is 66.7 Å². The lowest BCUT2D eigenvalue weighted by atomic mass is 10.0. The van der Waals surface area contributed by atoms with Gasteiger partial charge in [-0.15, -0.1) is 0 Å². The number of aromatic nitrogens is 1. The van der Waals surface area contributed by atoms with E-state index in [1.807, 2.05) is 18.2 Å². The molecule has 2 aliphatic rings. The first-order valence-corrected chi connectivity index (χ1v) is 10.5. The van der Waals surface area contributed by atoms with Gasteiger partial charge in [-0.05, 0) is 29.8 Å². The van der Waals surface area contributed by atoms with Crippen molar-refractivity contribution < 1.29 is 14.3 Å². The molecule has 2 aromatic carbocycles. The molecule has 7 heteroatoms. The maximum absolute atomic E-state index is 12.8. The maximum Gasteiger partial charge on any atom is 0.274 e. The van der Waals surface area contributed by atoms with Crippen LogP contribution in [0, 0.1) is 0 Å². The van der Waals surface area contributed by atoms with Crippen LogP contribution in [0.5, 0.6) is 11.5 Å². The topological polar surface area (TPSA) is 75.7 Å². The lowest BCUT2D eigenvalue weighted by Gasteiger charge is -2.35. The lowest BCUT2D eigenvalue weighted by Crippen LogP contribution is -2.46. The highest BCUT2D eigenvalue weighted by molar-refractivity contribution is 6.03. The largest absolute Gasteiger partial charge is 0.486 e. The molecule has 31 heavy (non-hydrogen) atoms. The van der Waals surface area contributed by atoms with Crippen molar-refractivity contribution in [2.24, 2.45) is 0 Å². The molecule has 0 radical (unpaired) electrons. The molecule has 2 aliphatic heterocycles. The fourth-order valence-corrected chi connectivity index (χ4v) is 3.91. The molecule has 158 valence electrons. The first-order chi connectivity index (χ1) is 15.3. The Balaban J connectivity index is 1.30. The number of benzene rings is 2. The number of ether oxygens (including phenoxy) is 2. The third-order valence-electron chi connectivity index (χ3n) is 5.47. The van der Waals surface area contributed by atoms with Crippen molar-refractivity contribution in [3.05, 3.63) is 78.0 Å². The third-order valence-corrected chi connectivity index (χ3v) is 5.47. The zero-order valence-corrected chi connectivity index (χ0v) is 17.1. The quantitative estimate of drug-likeness (QED) is 0.680. The molecular formula is C24H24N4O3. The first-order valence-electron chi connectivity index (χ1n) is 10.5. The predicted octanol–water partition coefficient (Wildman–Crippen LogP) is 3.26. The van der Waals surface area contributed by atoms with Crippen molar-refractivity contribution in [3.63, 3.8) is 0 Å². The molecule has 7 nitrogen and oxygen atoms in total. The van der Waals surface area contributed by atoms with Gasteiger partial charge in [0.25, 0.3) is 5.91 Å². The molecule has 0 spiro atoms. The smallest absolute Gasteiger partial charge is 0.274 e. The molecule has 1 unspecified atom stereocenters. The van der Waals surface area contributed by atoms with Crippen LogP contribution in [0.1, 0.15) is 22.1 Å². The number of carbonyl (C=O) groups is 1. The van der Waals surface area contributed by atoms with Gasteiger partial charge < -0.3 is 25.0 Å². The molecule has 1 atom stereocenters. The number of piperazine rings is 1. The van der Waals surface area contributed by atoms with Crippen molar-refractivity contribution in [2.45, 2.75) is 6.04 Å². The molecule has 1 amide bonds. The first kappa shape index (κ1) is 19.4. The highest BCUT2D eigenvalue weighted by Gasteiger charge is 2.22. The van der Waals surface area contributed by atoms with Gasteiger partial charge in [-0.3, -0.25) is 4.79 Å². The van der Waals surface area contributed by atoms with E-state index >= 15 is 0 Å². The van der Waals surface area contributed by atoms with E-state index < -0.39 is 0 Å². The van der Waals surface area contributed by atoms with Gasteiger partial charge in [0.2, 0.25) is 0 Å². The van der Waals surface area contributed by atoms with Crippen LogP contribution >= 0.6 is 0 Å². The summed E-state index contributed by atoms with van der Waals surface area (Å²) in [7, 11) is 0. The van der Waals surface area contributed by atoms with Crippen molar-refractivity contribution >= 4 is 17.4 Å². The van der Waals surface area contributed by atoms with Crippen LogP contribution in [-0.4, -0.2) is 43.7 Å². The Labute approximate surface area is 181 Å². The number of nitrogens with one attached hydrogen (secondary N) is 2. The van der Waals surface area contributed by atoms with E-state index in [1.165, 1.54) is 5.56 Å². The summed E-state index contributed by atoms with van der Waals surface area (Å²) in [6.45, 7) is 3.53. The van der Waals surface area contributed by atoms with Crippen molar-refractivity contribution in [2.75, 3.05) is 43.1 Å². The Morgan fingerprint density at radius 2 is 1.84 bits per heavy atom. The zero-order valence-electron chi connectivity index (χ0n) is 17.1. The Morgan fingerprint density at radius 3 is 2.71 bits per heavy atom. The van der Waals surface area contributed by atoms with Gasteiger partial charge in [0.1, 0.15) is 24.7 Å². The summed E-state index contributed by atoms with van der Waals surface area (Å²) in [5.74, 6) is 1.88. The summed E-state index contributed by atoms with van der Waals surface area (Å²) in [4.78, 5) is 19.7. The van der Waals surface area contributed by atoms with Gasteiger partial charge in [-0.25, -0.2) is 4.98 Å². The second-order valence-corrected chi connectivity index (χ2v) is 7.56. The molecule has 1 aromatic heterocycles. The van der Waals surface area contributed by atoms with Crippen LogP contribution in [0.25, 0.3) is 0 Å². The number of carbonyl (C=O) groups excluding carboxylic acids is 1. The van der Waals surface area contributed by atoms with E-state index in [-0.39, 0.29) is 11.9 Å². The number of fused-ring (bicyclic) bond motifs is 1. The number of anilines is 2. The van der Waals surface area contributed by atoms with Crippen LogP contribution in [-0.2, 0) is 0 Å². The monoisotopic (exact) mass is 416 g/mol. The molecule has 0 saturated carbocycles. The second-order valence-electron chi connectivity index (χ2n) is 7.56. The van der Waals surface area contributed by atoms with E-state index in [0.717, 1.165) is 25.5 Å². The van der Waals surface area contributed by atoms with Crippen LogP contribution in [0.2, 0.25) is 0 Å². The lowest BCUT2D eigenvalue weighted by molar-refractivity contribution is 0.102. The van der Waals surface area contributed by atoms with Gasteiger partial charge in [-0.2, -0.15) is 0 Å². The number of rotatable bonds is 4. The Kier molecular flexibility index (Phi) is 5.41. The number of hydrogen-bond acceptors (Lipinski definition) is 6. The van der Waals surface area contributed by atoms with Crippen molar-refractivity contribution in [3.8, 4) is 11.5 Å². The van der Waals surface area contributed by atoms with E-state index in [0.29, 0.717) is 36.1 Å². The van der Waals surface area contributed by atoms with Crippen molar-refractivity contribution in [1.82, 2.24) is 10.3 Å². The van der Waals surface area contributed by atoms with E-state index in [1.54, 1.807) is 24.3 Å². The molecule has 3 aromatic rings. The Morgan fingerprint density at radius 1 is 1.00 bits per heavy atom. The van der Waals surface area contributed by atoms with Crippen LogP contribution in [0.3, 0.4) is 0 Å². The second kappa shape index (κ2) is 8.65. The average Bonchev–Trinajstić information content (AvgIpc) is 2.85. The Bertz CT molecular complexity index is 1070. The molecular weight excluding hydrogens is 392 g/mol. The normalized spacial score (nSPS) is 17.8. The fourth-order valence-electron chi connectivity index (χ4n) is 3.91. The maximum atomic E-state index is 12.8. The summed E-state index contributed by atoms with van der Waals surface area (Å²) in [6, 6.07) is 21.6. The minimum absolute atomic E-state index is 0.229. The number of pyridine rings is 1. The summed E-state index contributed by atoms with van der Waals surface area (Å²) in [5, 5.41) is 6.46. The van der Waals surface area contributed by atoms with Gasteiger partial charge in [-0.1, -0.05) is 36.4 Å². The standard InChI is InChI=1S/C24H24N4O3/c29-24(26-18-9-10-21-22(15-18)31-14-13-30-21)19-7-4-8-23(27-19)28-12-11-25-20(16-28)17-5-2-1-3-6-17/h1-10,15,20,25H,11-14,16H2,(H,26,29).